The molecule has 0 atom stereocenters. The summed E-state index contributed by atoms with van der Waals surface area (Å²) in [5.74, 6) is 0.287. The number of phenols is 1. The van der Waals surface area contributed by atoms with Gasteiger partial charge >= 0.3 is 0 Å². The minimum atomic E-state index is 0.287. The molecule has 0 fully saturated rings. The van der Waals surface area contributed by atoms with E-state index >= 15 is 0 Å². The molecule has 0 aliphatic rings. The van der Waals surface area contributed by atoms with Crippen molar-refractivity contribution in [2.24, 2.45) is 5.73 Å². The van der Waals surface area contributed by atoms with Crippen LogP contribution in [0.3, 0.4) is 0 Å². The molecule has 0 radical (unpaired) electrons. The Bertz CT molecular complexity index is 448. The topological polar surface area (TPSA) is 46.2 Å². The largest absolute Gasteiger partial charge is 0.508 e. The molecule has 2 nitrogen and oxygen atoms in total. The molecule has 0 saturated carbocycles. The van der Waals surface area contributed by atoms with E-state index in [4.69, 9.17) is 5.73 Å². The van der Waals surface area contributed by atoms with Crippen LogP contribution in [0.2, 0.25) is 0 Å². The van der Waals surface area contributed by atoms with Crippen molar-refractivity contribution in [2.45, 2.75) is 6.54 Å². The SMILES string of the molecule is NCc1ccc(-c2cccc(O)c2)cc1. The maximum Gasteiger partial charge on any atom is 0.116 e. The van der Waals surface area contributed by atoms with Gasteiger partial charge in [0, 0.05) is 6.54 Å². The summed E-state index contributed by atoms with van der Waals surface area (Å²) in [6, 6.07) is 15.2. The first kappa shape index (κ1) is 9.74. The van der Waals surface area contributed by atoms with Crippen molar-refractivity contribution in [3.8, 4) is 16.9 Å². The standard InChI is InChI=1S/C13H13NO/c14-9-10-4-6-11(7-5-10)12-2-1-3-13(15)8-12/h1-8,15H,9,14H2. The van der Waals surface area contributed by atoms with Crippen molar-refractivity contribution < 1.29 is 5.11 Å². The molecule has 0 aliphatic heterocycles. The van der Waals surface area contributed by atoms with E-state index in [1.165, 1.54) is 0 Å². The first-order chi connectivity index (χ1) is 7.29. The molecule has 3 N–H and O–H groups in total. The summed E-state index contributed by atoms with van der Waals surface area (Å²) in [6.07, 6.45) is 0. The lowest BCUT2D eigenvalue weighted by Gasteiger charge is -2.03. The summed E-state index contributed by atoms with van der Waals surface area (Å²) >= 11 is 0. The minimum absolute atomic E-state index is 0.287. The van der Waals surface area contributed by atoms with Crippen LogP contribution in [0.15, 0.2) is 48.5 Å². The molecule has 0 amide bonds. The molecule has 0 unspecified atom stereocenters. The quantitative estimate of drug-likeness (QED) is 0.780. The van der Waals surface area contributed by atoms with Crippen molar-refractivity contribution in [3.05, 3.63) is 54.1 Å². The molecule has 2 rings (SSSR count). The number of aromatic hydroxyl groups is 1. The second-order valence-electron chi connectivity index (χ2n) is 3.45. The predicted molar refractivity (Wildman–Crippen MR) is 61.4 cm³/mol. The van der Waals surface area contributed by atoms with Gasteiger partial charge in [0.2, 0.25) is 0 Å². The lowest BCUT2D eigenvalue weighted by molar-refractivity contribution is 0.475. The molecule has 15 heavy (non-hydrogen) atoms. The van der Waals surface area contributed by atoms with Crippen LogP contribution >= 0.6 is 0 Å². The van der Waals surface area contributed by atoms with E-state index < -0.39 is 0 Å². The van der Waals surface area contributed by atoms with E-state index in [1.807, 2.05) is 36.4 Å². The van der Waals surface area contributed by atoms with E-state index in [0.29, 0.717) is 6.54 Å². The molecule has 76 valence electrons. The Morgan fingerprint density at radius 2 is 1.67 bits per heavy atom. The van der Waals surface area contributed by atoms with Gasteiger partial charge in [-0.2, -0.15) is 0 Å². The summed E-state index contributed by atoms with van der Waals surface area (Å²) in [6.45, 7) is 0.556. The summed E-state index contributed by atoms with van der Waals surface area (Å²) < 4.78 is 0. The maximum absolute atomic E-state index is 9.36. The van der Waals surface area contributed by atoms with E-state index in [-0.39, 0.29) is 5.75 Å². The average molecular weight is 199 g/mol. The number of hydrogen-bond acceptors (Lipinski definition) is 2. The normalized spacial score (nSPS) is 10.2. The second kappa shape index (κ2) is 4.15. The van der Waals surface area contributed by atoms with Crippen LogP contribution in [-0.4, -0.2) is 5.11 Å². The Balaban J connectivity index is 2.37. The monoisotopic (exact) mass is 199 g/mol. The fraction of sp³-hybridized carbons (Fsp3) is 0.0769. The molecular weight excluding hydrogens is 186 g/mol. The smallest absolute Gasteiger partial charge is 0.116 e. The van der Waals surface area contributed by atoms with Gasteiger partial charge in [0.25, 0.3) is 0 Å². The summed E-state index contributed by atoms with van der Waals surface area (Å²) in [5.41, 5.74) is 8.73. The van der Waals surface area contributed by atoms with Gasteiger partial charge in [-0.3, -0.25) is 0 Å². The number of benzene rings is 2. The highest BCUT2D eigenvalue weighted by Gasteiger charge is 1.98. The highest BCUT2D eigenvalue weighted by atomic mass is 16.3. The minimum Gasteiger partial charge on any atom is -0.508 e. The Hall–Kier alpha value is -1.80. The first-order valence-corrected chi connectivity index (χ1v) is 4.88. The number of nitrogens with two attached hydrogens (primary N) is 1. The van der Waals surface area contributed by atoms with Gasteiger partial charge in [-0.15, -0.1) is 0 Å². The lowest BCUT2D eigenvalue weighted by atomic mass is 10.0. The summed E-state index contributed by atoms with van der Waals surface area (Å²) in [7, 11) is 0. The van der Waals surface area contributed by atoms with Gasteiger partial charge in [-0.1, -0.05) is 36.4 Å². The molecule has 0 saturated heterocycles. The van der Waals surface area contributed by atoms with Crippen molar-refractivity contribution in [2.75, 3.05) is 0 Å². The van der Waals surface area contributed by atoms with Crippen molar-refractivity contribution in [1.29, 1.82) is 0 Å². The average Bonchev–Trinajstić information content (AvgIpc) is 2.29. The fourth-order valence-electron chi connectivity index (χ4n) is 1.52. The molecule has 0 aliphatic carbocycles. The van der Waals surface area contributed by atoms with Gasteiger partial charge < -0.3 is 10.8 Å². The number of rotatable bonds is 2. The summed E-state index contributed by atoms with van der Waals surface area (Å²) in [5, 5.41) is 9.36. The summed E-state index contributed by atoms with van der Waals surface area (Å²) in [4.78, 5) is 0. The third kappa shape index (κ3) is 2.17. The molecule has 0 heterocycles. The van der Waals surface area contributed by atoms with Gasteiger partial charge in [0.05, 0.1) is 0 Å². The number of phenolic OH excluding ortho intramolecular Hbond substituents is 1. The zero-order chi connectivity index (χ0) is 10.7. The molecule has 0 spiro atoms. The van der Waals surface area contributed by atoms with Crippen LogP contribution in [0.5, 0.6) is 5.75 Å². The second-order valence-corrected chi connectivity index (χ2v) is 3.45. The first-order valence-electron chi connectivity index (χ1n) is 4.88. The van der Waals surface area contributed by atoms with Crippen molar-refractivity contribution in [1.82, 2.24) is 0 Å². The third-order valence-electron chi connectivity index (χ3n) is 2.37. The Labute approximate surface area is 89.0 Å². The van der Waals surface area contributed by atoms with Crippen LogP contribution in [0.25, 0.3) is 11.1 Å². The Kier molecular flexibility index (Phi) is 2.70. The molecule has 2 aromatic carbocycles. The van der Waals surface area contributed by atoms with Crippen LogP contribution in [0, 0.1) is 0 Å². The van der Waals surface area contributed by atoms with Gasteiger partial charge in [-0.05, 0) is 28.8 Å². The van der Waals surface area contributed by atoms with E-state index in [1.54, 1.807) is 12.1 Å². The van der Waals surface area contributed by atoms with Crippen LogP contribution in [0.4, 0.5) is 0 Å². The van der Waals surface area contributed by atoms with Gasteiger partial charge in [0.15, 0.2) is 0 Å². The van der Waals surface area contributed by atoms with Crippen molar-refractivity contribution in [3.63, 3.8) is 0 Å². The zero-order valence-corrected chi connectivity index (χ0v) is 8.35. The highest BCUT2D eigenvalue weighted by Crippen LogP contribution is 2.23. The van der Waals surface area contributed by atoms with Gasteiger partial charge in [-0.25, -0.2) is 0 Å². The lowest BCUT2D eigenvalue weighted by Crippen LogP contribution is -1.95. The Morgan fingerprint density at radius 3 is 2.27 bits per heavy atom. The number of hydrogen-bond donors (Lipinski definition) is 2. The van der Waals surface area contributed by atoms with Crippen LogP contribution in [0.1, 0.15) is 5.56 Å². The van der Waals surface area contributed by atoms with E-state index in [9.17, 15) is 5.11 Å². The molecular formula is C13H13NO. The highest BCUT2D eigenvalue weighted by molar-refractivity contribution is 5.65. The van der Waals surface area contributed by atoms with Gasteiger partial charge in [0.1, 0.15) is 5.75 Å². The fourth-order valence-corrected chi connectivity index (χ4v) is 1.52. The molecule has 0 bridgehead atoms. The Morgan fingerprint density at radius 1 is 0.933 bits per heavy atom. The van der Waals surface area contributed by atoms with Crippen LogP contribution < -0.4 is 5.73 Å². The zero-order valence-electron chi connectivity index (χ0n) is 8.35. The van der Waals surface area contributed by atoms with E-state index in [2.05, 4.69) is 0 Å². The third-order valence-corrected chi connectivity index (χ3v) is 2.37. The van der Waals surface area contributed by atoms with Crippen LogP contribution in [-0.2, 0) is 6.54 Å². The van der Waals surface area contributed by atoms with Crippen molar-refractivity contribution >= 4 is 0 Å². The molecule has 2 aromatic rings. The maximum atomic E-state index is 9.36. The molecule has 0 aromatic heterocycles. The van der Waals surface area contributed by atoms with E-state index in [0.717, 1.165) is 16.7 Å². The molecule has 2 heteroatoms. The predicted octanol–water partition coefficient (Wildman–Crippen LogP) is 2.52.